The van der Waals surface area contributed by atoms with E-state index in [0.29, 0.717) is 11.1 Å². The molecular formula is C14H11NO3. The maximum absolute atomic E-state index is 11.1. The zero-order chi connectivity index (χ0) is 12.5. The maximum Gasteiger partial charge on any atom is 0.417 e. The summed E-state index contributed by atoms with van der Waals surface area (Å²) in [7, 11) is 1.64. The summed E-state index contributed by atoms with van der Waals surface area (Å²) in [6.45, 7) is 0. The molecule has 0 saturated carbocycles. The quantitative estimate of drug-likeness (QED) is 0.750. The van der Waals surface area contributed by atoms with E-state index in [2.05, 4.69) is 4.98 Å². The minimum absolute atomic E-state index is 0.433. The Hall–Kier alpha value is -2.49. The van der Waals surface area contributed by atoms with E-state index in [4.69, 9.17) is 9.15 Å². The molecule has 3 aromatic rings. The number of hydrogen-bond acceptors (Lipinski definition) is 3. The molecule has 0 aliphatic rings. The third kappa shape index (κ3) is 1.78. The first-order valence-corrected chi connectivity index (χ1v) is 5.53. The second kappa shape index (κ2) is 4.07. The third-order valence-corrected chi connectivity index (χ3v) is 2.84. The highest BCUT2D eigenvalue weighted by Gasteiger charge is 2.04. The first-order valence-electron chi connectivity index (χ1n) is 5.53. The predicted molar refractivity (Wildman–Crippen MR) is 68.8 cm³/mol. The number of fused-ring (bicyclic) bond motifs is 1. The van der Waals surface area contributed by atoms with E-state index < -0.39 is 5.76 Å². The fraction of sp³-hybridized carbons (Fsp3) is 0.0714. The van der Waals surface area contributed by atoms with Crippen LogP contribution in [0.25, 0.3) is 22.2 Å². The van der Waals surface area contributed by atoms with Crippen molar-refractivity contribution in [2.75, 3.05) is 7.11 Å². The van der Waals surface area contributed by atoms with Gasteiger partial charge in [0, 0.05) is 0 Å². The zero-order valence-corrected chi connectivity index (χ0v) is 9.77. The number of methoxy groups -OCH3 is 1. The van der Waals surface area contributed by atoms with Crippen molar-refractivity contribution < 1.29 is 9.15 Å². The van der Waals surface area contributed by atoms with Crippen molar-refractivity contribution in [1.82, 2.24) is 4.98 Å². The van der Waals surface area contributed by atoms with Gasteiger partial charge >= 0.3 is 5.76 Å². The number of oxazole rings is 1. The van der Waals surface area contributed by atoms with Gasteiger partial charge < -0.3 is 9.15 Å². The minimum atomic E-state index is -0.433. The Morgan fingerprint density at radius 3 is 2.50 bits per heavy atom. The molecule has 90 valence electrons. The molecule has 0 radical (unpaired) electrons. The van der Waals surface area contributed by atoms with Crippen LogP contribution in [0.15, 0.2) is 51.7 Å². The van der Waals surface area contributed by atoms with Crippen molar-refractivity contribution in [3.63, 3.8) is 0 Å². The number of hydrogen-bond donors (Lipinski definition) is 1. The van der Waals surface area contributed by atoms with Gasteiger partial charge in [0.05, 0.1) is 12.6 Å². The molecule has 0 fully saturated rings. The van der Waals surface area contributed by atoms with Crippen LogP contribution in [-0.2, 0) is 0 Å². The summed E-state index contributed by atoms with van der Waals surface area (Å²) in [5, 5.41) is 0. The molecule has 0 unspecified atom stereocenters. The summed E-state index contributed by atoms with van der Waals surface area (Å²) < 4.78 is 10.1. The van der Waals surface area contributed by atoms with Gasteiger partial charge in [-0.3, -0.25) is 4.98 Å². The molecule has 0 atom stereocenters. The number of rotatable bonds is 2. The highest BCUT2D eigenvalue weighted by atomic mass is 16.5. The largest absolute Gasteiger partial charge is 0.497 e. The summed E-state index contributed by atoms with van der Waals surface area (Å²) >= 11 is 0. The van der Waals surface area contributed by atoms with Crippen molar-refractivity contribution >= 4 is 11.1 Å². The number of nitrogens with one attached hydrogen (secondary N) is 1. The Kier molecular flexibility index (Phi) is 2.41. The Morgan fingerprint density at radius 1 is 1.06 bits per heavy atom. The molecule has 18 heavy (non-hydrogen) atoms. The van der Waals surface area contributed by atoms with Gasteiger partial charge in [0.15, 0.2) is 5.58 Å². The summed E-state index contributed by atoms with van der Waals surface area (Å²) in [6, 6.07) is 13.3. The number of benzene rings is 2. The van der Waals surface area contributed by atoms with Crippen LogP contribution in [0.3, 0.4) is 0 Å². The van der Waals surface area contributed by atoms with Crippen molar-refractivity contribution in [1.29, 1.82) is 0 Å². The van der Waals surface area contributed by atoms with E-state index in [0.717, 1.165) is 16.9 Å². The molecule has 1 heterocycles. The van der Waals surface area contributed by atoms with Gasteiger partial charge in [-0.15, -0.1) is 0 Å². The number of H-pyrrole nitrogens is 1. The van der Waals surface area contributed by atoms with Gasteiger partial charge in [-0.05, 0) is 35.4 Å². The number of aromatic amines is 1. The molecule has 0 aliphatic heterocycles. The van der Waals surface area contributed by atoms with Crippen LogP contribution in [-0.4, -0.2) is 12.1 Å². The average Bonchev–Trinajstić information content (AvgIpc) is 2.78. The van der Waals surface area contributed by atoms with E-state index in [1.54, 1.807) is 13.2 Å². The average molecular weight is 241 g/mol. The van der Waals surface area contributed by atoms with Crippen LogP contribution in [0.5, 0.6) is 5.75 Å². The molecule has 0 spiro atoms. The van der Waals surface area contributed by atoms with Gasteiger partial charge in [-0.2, -0.15) is 0 Å². The second-order valence-electron chi connectivity index (χ2n) is 3.95. The lowest BCUT2D eigenvalue weighted by Gasteiger charge is -2.03. The maximum atomic E-state index is 11.1. The van der Waals surface area contributed by atoms with Crippen LogP contribution in [0.4, 0.5) is 0 Å². The van der Waals surface area contributed by atoms with Gasteiger partial charge in [0.1, 0.15) is 5.75 Å². The summed E-state index contributed by atoms with van der Waals surface area (Å²) in [5.74, 6) is 0.383. The fourth-order valence-corrected chi connectivity index (χ4v) is 1.92. The monoisotopic (exact) mass is 241 g/mol. The lowest BCUT2D eigenvalue weighted by atomic mass is 10.1. The molecular weight excluding hydrogens is 230 g/mol. The fourth-order valence-electron chi connectivity index (χ4n) is 1.92. The van der Waals surface area contributed by atoms with Crippen LogP contribution >= 0.6 is 0 Å². The van der Waals surface area contributed by atoms with Crippen LogP contribution < -0.4 is 10.5 Å². The standard InChI is InChI=1S/C14H11NO3/c1-17-11-5-2-9(3-6-11)10-4-7-13-12(8-10)15-14(16)18-13/h2-8H,1H3,(H,15,16). The Morgan fingerprint density at radius 2 is 1.78 bits per heavy atom. The van der Waals surface area contributed by atoms with E-state index in [-0.39, 0.29) is 0 Å². The van der Waals surface area contributed by atoms with Gasteiger partial charge in [0.2, 0.25) is 0 Å². The van der Waals surface area contributed by atoms with Gasteiger partial charge in [0.25, 0.3) is 0 Å². The molecule has 4 nitrogen and oxygen atoms in total. The van der Waals surface area contributed by atoms with Gasteiger partial charge in [-0.1, -0.05) is 18.2 Å². The Labute approximate surface area is 103 Å². The molecule has 0 bridgehead atoms. The third-order valence-electron chi connectivity index (χ3n) is 2.84. The normalized spacial score (nSPS) is 10.7. The highest BCUT2D eigenvalue weighted by molar-refractivity contribution is 5.80. The highest BCUT2D eigenvalue weighted by Crippen LogP contribution is 2.24. The van der Waals surface area contributed by atoms with Crippen LogP contribution in [0.2, 0.25) is 0 Å². The number of ether oxygens (including phenoxy) is 1. The molecule has 1 N–H and O–H groups in total. The summed E-state index contributed by atoms with van der Waals surface area (Å²) in [6.07, 6.45) is 0. The predicted octanol–water partition coefficient (Wildman–Crippen LogP) is 2.80. The van der Waals surface area contributed by atoms with Crippen LogP contribution in [0.1, 0.15) is 0 Å². The molecule has 1 aromatic heterocycles. The van der Waals surface area contributed by atoms with Crippen molar-refractivity contribution in [2.45, 2.75) is 0 Å². The van der Waals surface area contributed by atoms with Gasteiger partial charge in [-0.25, -0.2) is 4.79 Å². The smallest absolute Gasteiger partial charge is 0.417 e. The lowest BCUT2D eigenvalue weighted by molar-refractivity contribution is 0.415. The first-order chi connectivity index (χ1) is 8.76. The van der Waals surface area contributed by atoms with E-state index in [1.165, 1.54) is 0 Å². The van der Waals surface area contributed by atoms with Crippen molar-refractivity contribution in [3.05, 3.63) is 53.0 Å². The molecule has 4 heteroatoms. The molecule has 0 saturated heterocycles. The molecule has 0 aliphatic carbocycles. The van der Waals surface area contributed by atoms with E-state index in [1.807, 2.05) is 36.4 Å². The molecule has 0 amide bonds. The van der Waals surface area contributed by atoms with E-state index >= 15 is 0 Å². The lowest BCUT2D eigenvalue weighted by Crippen LogP contribution is -1.92. The SMILES string of the molecule is COc1ccc(-c2ccc3oc(=O)[nH]c3c2)cc1. The van der Waals surface area contributed by atoms with E-state index in [9.17, 15) is 4.79 Å². The summed E-state index contributed by atoms with van der Waals surface area (Å²) in [5.41, 5.74) is 3.34. The zero-order valence-electron chi connectivity index (χ0n) is 9.77. The topological polar surface area (TPSA) is 55.2 Å². The van der Waals surface area contributed by atoms with Crippen LogP contribution in [0, 0.1) is 0 Å². The van der Waals surface area contributed by atoms with Crippen molar-refractivity contribution in [2.24, 2.45) is 0 Å². The first kappa shape index (κ1) is 10.7. The number of aromatic nitrogens is 1. The Bertz CT molecular complexity index is 738. The molecule has 3 rings (SSSR count). The Balaban J connectivity index is 2.09. The second-order valence-corrected chi connectivity index (χ2v) is 3.95. The van der Waals surface area contributed by atoms with Crippen molar-refractivity contribution in [3.8, 4) is 16.9 Å². The minimum Gasteiger partial charge on any atom is -0.497 e. The molecule has 2 aromatic carbocycles. The summed E-state index contributed by atoms with van der Waals surface area (Å²) in [4.78, 5) is 13.7.